The number of rotatable bonds is 5. The summed E-state index contributed by atoms with van der Waals surface area (Å²) in [6.45, 7) is 3.03. The minimum absolute atomic E-state index is 0.0735. The zero-order valence-electron chi connectivity index (χ0n) is 15.4. The van der Waals surface area contributed by atoms with Gasteiger partial charge in [-0.2, -0.15) is 5.10 Å². The number of aromatic nitrogens is 2. The molecule has 1 atom stereocenters. The van der Waals surface area contributed by atoms with Crippen LogP contribution in [0.5, 0.6) is 0 Å². The van der Waals surface area contributed by atoms with Crippen LogP contribution in [0.15, 0.2) is 47.8 Å². The van der Waals surface area contributed by atoms with Crippen LogP contribution in [0.4, 0.5) is 11.5 Å². The summed E-state index contributed by atoms with van der Waals surface area (Å²) in [4.78, 5) is 26.9. The fraction of sp³-hybridized carbons (Fsp3) is 0.250. The van der Waals surface area contributed by atoms with Crippen molar-refractivity contribution >= 4 is 34.7 Å². The van der Waals surface area contributed by atoms with Gasteiger partial charge in [0.1, 0.15) is 0 Å². The standard InChI is InChI=1S/C20H21N5O2S/c1-13(26)21-15-6-4-14(5-7-15)20(27)22-16-8-9-25(12-16)19-11-17(23-24-19)18-3-2-10-28-18/h2-7,10-11,16H,8-9,12H2,1H3,(H,21,26)(H,22,27)(H,23,24)/t16-/m1/s1. The van der Waals surface area contributed by atoms with Gasteiger partial charge < -0.3 is 15.5 Å². The van der Waals surface area contributed by atoms with Gasteiger partial charge in [0.05, 0.1) is 10.6 Å². The van der Waals surface area contributed by atoms with Gasteiger partial charge in [0.25, 0.3) is 5.91 Å². The molecule has 0 spiro atoms. The molecule has 1 aromatic carbocycles. The maximum atomic E-state index is 12.5. The molecule has 1 aliphatic heterocycles. The number of thiophene rings is 1. The molecule has 0 saturated carbocycles. The Kier molecular flexibility index (Phi) is 5.12. The average molecular weight is 395 g/mol. The molecule has 0 unspecified atom stereocenters. The Balaban J connectivity index is 1.34. The number of aromatic amines is 1. The van der Waals surface area contributed by atoms with Gasteiger partial charge in [0.15, 0.2) is 5.82 Å². The third kappa shape index (κ3) is 4.07. The molecular weight excluding hydrogens is 374 g/mol. The van der Waals surface area contributed by atoms with Crippen molar-refractivity contribution in [2.75, 3.05) is 23.3 Å². The SMILES string of the molecule is CC(=O)Nc1ccc(C(=O)N[C@@H]2CCN(c3cc(-c4cccs4)[nH]n3)C2)cc1. The lowest BCUT2D eigenvalue weighted by molar-refractivity contribution is -0.114. The lowest BCUT2D eigenvalue weighted by atomic mass is 10.1. The molecule has 7 nitrogen and oxygen atoms in total. The van der Waals surface area contributed by atoms with E-state index in [0.717, 1.165) is 35.9 Å². The third-order valence-corrected chi connectivity index (χ3v) is 5.57. The number of nitrogens with one attached hydrogen (secondary N) is 3. The summed E-state index contributed by atoms with van der Waals surface area (Å²) in [5.74, 6) is 0.659. The van der Waals surface area contributed by atoms with Crippen molar-refractivity contribution in [3.05, 3.63) is 53.4 Å². The second kappa shape index (κ2) is 7.85. The van der Waals surface area contributed by atoms with E-state index in [4.69, 9.17) is 0 Å². The van der Waals surface area contributed by atoms with E-state index in [1.165, 1.54) is 6.92 Å². The van der Waals surface area contributed by atoms with Gasteiger partial charge in [0, 0.05) is 43.4 Å². The molecule has 1 saturated heterocycles. The Bertz CT molecular complexity index is 965. The van der Waals surface area contributed by atoms with Crippen molar-refractivity contribution in [3.63, 3.8) is 0 Å². The topological polar surface area (TPSA) is 90.1 Å². The number of H-pyrrole nitrogens is 1. The van der Waals surface area contributed by atoms with Crippen molar-refractivity contribution in [3.8, 4) is 10.6 Å². The van der Waals surface area contributed by atoms with E-state index in [0.29, 0.717) is 11.3 Å². The molecule has 3 N–H and O–H groups in total. The number of anilines is 2. The largest absolute Gasteiger partial charge is 0.353 e. The highest BCUT2D eigenvalue weighted by atomic mass is 32.1. The number of carbonyl (C=O) groups excluding carboxylic acids is 2. The molecule has 0 aliphatic carbocycles. The van der Waals surface area contributed by atoms with Crippen molar-refractivity contribution in [2.45, 2.75) is 19.4 Å². The Morgan fingerprint density at radius 3 is 2.79 bits per heavy atom. The van der Waals surface area contributed by atoms with Crippen LogP contribution in [-0.4, -0.2) is 41.1 Å². The van der Waals surface area contributed by atoms with Crippen LogP contribution in [0.25, 0.3) is 10.6 Å². The molecule has 1 fully saturated rings. The zero-order chi connectivity index (χ0) is 19.5. The van der Waals surface area contributed by atoms with Crippen molar-refractivity contribution in [1.82, 2.24) is 15.5 Å². The smallest absolute Gasteiger partial charge is 0.251 e. The van der Waals surface area contributed by atoms with Gasteiger partial charge in [-0.05, 0) is 42.1 Å². The summed E-state index contributed by atoms with van der Waals surface area (Å²) < 4.78 is 0. The monoisotopic (exact) mass is 395 g/mol. The highest BCUT2D eigenvalue weighted by Crippen LogP contribution is 2.27. The van der Waals surface area contributed by atoms with Gasteiger partial charge in [-0.1, -0.05) is 6.07 Å². The molecular formula is C20H21N5O2S. The maximum absolute atomic E-state index is 12.5. The molecule has 3 heterocycles. The maximum Gasteiger partial charge on any atom is 0.251 e. The predicted molar refractivity (Wildman–Crippen MR) is 111 cm³/mol. The fourth-order valence-corrected chi connectivity index (χ4v) is 3.99. The normalized spacial score (nSPS) is 16.2. The summed E-state index contributed by atoms with van der Waals surface area (Å²) in [5.41, 5.74) is 2.26. The minimum Gasteiger partial charge on any atom is -0.353 e. The van der Waals surface area contributed by atoms with Crippen molar-refractivity contribution in [2.24, 2.45) is 0 Å². The van der Waals surface area contributed by atoms with Crippen LogP contribution in [0.1, 0.15) is 23.7 Å². The second-order valence-electron chi connectivity index (χ2n) is 6.78. The molecule has 8 heteroatoms. The lowest BCUT2D eigenvalue weighted by Crippen LogP contribution is -2.37. The number of nitrogens with zero attached hydrogens (tertiary/aromatic N) is 2. The quantitative estimate of drug-likeness (QED) is 0.619. The van der Waals surface area contributed by atoms with Gasteiger partial charge in [0.2, 0.25) is 5.91 Å². The zero-order valence-corrected chi connectivity index (χ0v) is 16.3. The van der Waals surface area contributed by atoms with Gasteiger partial charge >= 0.3 is 0 Å². The molecule has 0 bridgehead atoms. The number of hydrogen-bond acceptors (Lipinski definition) is 5. The van der Waals surface area contributed by atoms with E-state index in [2.05, 4.69) is 37.9 Å². The van der Waals surface area contributed by atoms with Crippen LogP contribution in [0, 0.1) is 0 Å². The first-order valence-corrected chi connectivity index (χ1v) is 9.99. The molecule has 28 heavy (non-hydrogen) atoms. The Hall–Kier alpha value is -3.13. The van der Waals surface area contributed by atoms with E-state index in [9.17, 15) is 9.59 Å². The molecule has 2 amide bonds. The van der Waals surface area contributed by atoms with E-state index in [-0.39, 0.29) is 17.9 Å². The predicted octanol–water partition coefficient (Wildman–Crippen LogP) is 3.11. The summed E-state index contributed by atoms with van der Waals surface area (Å²) >= 11 is 1.67. The van der Waals surface area contributed by atoms with Crippen LogP contribution in [0.2, 0.25) is 0 Å². The first kappa shape index (κ1) is 18.2. The van der Waals surface area contributed by atoms with Crippen LogP contribution in [-0.2, 0) is 4.79 Å². The Morgan fingerprint density at radius 2 is 2.07 bits per heavy atom. The minimum atomic E-state index is -0.135. The van der Waals surface area contributed by atoms with Gasteiger partial charge in [-0.25, -0.2) is 0 Å². The summed E-state index contributed by atoms with van der Waals surface area (Å²) in [6, 6.07) is 13.1. The molecule has 4 rings (SSSR count). The molecule has 3 aromatic rings. The van der Waals surface area contributed by atoms with Crippen LogP contribution >= 0.6 is 11.3 Å². The molecule has 0 radical (unpaired) electrons. The number of hydrogen-bond donors (Lipinski definition) is 3. The Morgan fingerprint density at radius 1 is 1.25 bits per heavy atom. The molecule has 2 aromatic heterocycles. The fourth-order valence-electron chi connectivity index (χ4n) is 3.29. The average Bonchev–Trinajstić information content (AvgIpc) is 3.42. The van der Waals surface area contributed by atoms with Crippen LogP contribution < -0.4 is 15.5 Å². The van der Waals surface area contributed by atoms with Crippen molar-refractivity contribution < 1.29 is 9.59 Å². The first-order chi connectivity index (χ1) is 13.6. The first-order valence-electron chi connectivity index (χ1n) is 9.11. The molecule has 144 valence electrons. The van der Waals surface area contributed by atoms with E-state index in [1.54, 1.807) is 35.6 Å². The lowest BCUT2D eigenvalue weighted by Gasteiger charge is -2.16. The van der Waals surface area contributed by atoms with E-state index in [1.807, 2.05) is 11.4 Å². The highest BCUT2D eigenvalue weighted by Gasteiger charge is 2.26. The summed E-state index contributed by atoms with van der Waals surface area (Å²) in [7, 11) is 0. The second-order valence-corrected chi connectivity index (χ2v) is 7.73. The highest BCUT2D eigenvalue weighted by molar-refractivity contribution is 7.13. The van der Waals surface area contributed by atoms with E-state index < -0.39 is 0 Å². The van der Waals surface area contributed by atoms with Gasteiger partial charge in [-0.15, -0.1) is 11.3 Å². The van der Waals surface area contributed by atoms with E-state index >= 15 is 0 Å². The van der Waals surface area contributed by atoms with Crippen LogP contribution in [0.3, 0.4) is 0 Å². The van der Waals surface area contributed by atoms with Gasteiger partial charge in [-0.3, -0.25) is 14.7 Å². The third-order valence-electron chi connectivity index (χ3n) is 4.67. The summed E-state index contributed by atoms with van der Waals surface area (Å²) in [5, 5.41) is 15.3. The number of benzene rings is 1. The number of carbonyl (C=O) groups is 2. The van der Waals surface area contributed by atoms with Crippen molar-refractivity contribution in [1.29, 1.82) is 0 Å². The Labute approximate surface area is 166 Å². The summed E-state index contributed by atoms with van der Waals surface area (Å²) in [6.07, 6.45) is 0.872. The molecule has 1 aliphatic rings. The number of amides is 2.